The van der Waals surface area contributed by atoms with Crippen LogP contribution in [-0.2, 0) is 4.74 Å². The van der Waals surface area contributed by atoms with Crippen LogP contribution < -0.4 is 10.6 Å². The standard InChI is InChI=1S/C14H17N5O3S/c20-19(21)12-9-15-14(17-11-3-7-23-8-4-11)18-13(12)16-10-1-5-22-6-2-10/h1-2,5,9,11H,3-4,6-8H2,(H2,15,16,17,18). The molecule has 9 heteroatoms. The van der Waals surface area contributed by atoms with E-state index in [0.29, 0.717) is 24.3 Å². The molecule has 3 rings (SSSR count). The van der Waals surface area contributed by atoms with E-state index in [-0.39, 0.29) is 11.5 Å². The number of anilines is 2. The van der Waals surface area contributed by atoms with Crippen molar-refractivity contribution in [2.24, 2.45) is 0 Å². The Kier molecular flexibility index (Phi) is 4.96. The van der Waals surface area contributed by atoms with Gasteiger partial charge in [0.15, 0.2) is 0 Å². The molecule has 0 bridgehead atoms. The van der Waals surface area contributed by atoms with Crippen LogP contribution in [0.5, 0.6) is 0 Å². The predicted octanol–water partition coefficient (Wildman–Crippen LogP) is 2.53. The summed E-state index contributed by atoms with van der Waals surface area (Å²) in [5.74, 6) is 2.79. The average Bonchev–Trinajstić information content (AvgIpc) is 2.57. The lowest BCUT2D eigenvalue weighted by atomic mass is 10.2. The zero-order valence-corrected chi connectivity index (χ0v) is 13.2. The third kappa shape index (κ3) is 4.13. The molecule has 2 aliphatic rings. The van der Waals surface area contributed by atoms with E-state index in [1.54, 1.807) is 12.2 Å². The summed E-state index contributed by atoms with van der Waals surface area (Å²) < 4.78 is 5.06. The number of hydrogen-bond donors (Lipinski definition) is 2. The van der Waals surface area contributed by atoms with E-state index in [9.17, 15) is 10.1 Å². The molecule has 122 valence electrons. The lowest BCUT2D eigenvalue weighted by Gasteiger charge is -2.22. The first-order chi connectivity index (χ1) is 11.2. The van der Waals surface area contributed by atoms with Crippen molar-refractivity contribution in [3.8, 4) is 0 Å². The van der Waals surface area contributed by atoms with Crippen LogP contribution in [0.2, 0.25) is 0 Å². The van der Waals surface area contributed by atoms with Gasteiger partial charge in [-0.3, -0.25) is 10.1 Å². The van der Waals surface area contributed by atoms with E-state index in [0.717, 1.165) is 24.3 Å². The van der Waals surface area contributed by atoms with E-state index >= 15 is 0 Å². The van der Waals surface area contributed by atoms with Crippen LogP contribution in [0.25, 0.3) is 0 Å². The molecule has 2 N–H and O–H groups in total. The smallest absolute Gasteiger partial charge is 0.329 e. The van der Waals surface area contributed by atoms with Gasteiger partial charge >= 0.3 is 5.69 Å². The summed E-state index contributed by atoms with van der Waals surface area (Å²) in [5.41, 5.74) is 0.550. The zero-order chi connectivity index (χ0) is 16.1. The van der Waals surface area contributed by atoms with Crippen molar-refractivity contribution in [2.75, 3.05) is 28.7 Å². The highest BCUT2D eigenvalue weighted by atomic mass is 32.2. The van der Waals surface area contributed by atoms with Gasteiger partial charge in [0.1, 0.15) is 12.8 Å². The molecular weight excluding hydrogens is 318 g/mol. The summed E-state index contributed by atoms with van der Waals surface area (Å²) >= 11 is 1.93. The minimum Gasteiger partial charge on any atom is -0.497 e. The second kappa shape index (κ2) is 7.32. The van der Waals surface area contributed by atoms with Crippen LogP contribution in [0.1, 0.15) is 12.8 Å². The number of nitro groups is 1. The highest BCUT2D eigenvalue weighted by molar-refractivity contribution is 7.99. The van der Waals surface area contributed by atoms with Crippen LogP contribution in [0.3, 0.4) is 0 Å². The third-order valence-corrected chi connectivity index (χ3v) is 4.58. The number of ether oxygens (including phenoxy) is 1. The highest BCUT2D eigenvalue weighted by Gasteiger charge is 2.20. The molecule has 0 radical (unpaired) electrons. The van der Waals surface area contributed by atoms with Gasteiger partial charge in [-0.2, -0.15) is 16.7 Å². The largest absolute Gasteiger partial charge is 0.497 e. The molecule has 8 nitrogen and oxygen atoms in total. The van der Waals surface area contributed by atoms with Crippen molar-refractivity contribution in [1.82, 2.24) is 9.97 Å². The molecule has 1 aromatic rings. The minimum atomic E-state index is -0.493. The van der Waals surface area contributed by atoms with Crippen molar-refractivity contribution < 1.29 is 9.66 Å². The number of rotatable bonds is 5. The first-order valence-electron chi connectivity index (χ1n) is 7.33. The fourth-order valence-corrected chi connectivity index (χ4v) is 3.41. The summed E-state index contributed by atoms with van der Waals surface area (Å²) in [7, 11) is 0. The first-order valence-corrected chi connectivity index (χ1v) is 8.49. The molecule has 23 heavy (non-hydrogen) atoms. The van der Waals surface area contributed by atoms with Gasteiger partial charge in [-0.1, -0.05) is 0 Å². The maximum atomic E-state index is 11.2. The van der Waals surface area contributed by atoms with Crippen LogP contribution >= 0.6 is 11.8 Å². The molecule has 0 aromatic carbocycles. The quantitative estimate of drug-likeness (QED) is 0.625. The van der Waals surface area contributed by atoms with Crippen molar-refractivity contribution in [2.45, 2.75) is 18.9 Å². The molecule has 0 spiro atoms. The highest BCUT2D eigenvalue weighted by Crippen LogP contribution is 2.25. The topological polar surface area (TPSA) is 102 Å². The van der Waals surface area contributed by atoms with Gasteiger partial charge in [0.2, 0.25) is 11.8 Å². The monoisotopic (exact) mass is 335 g/mol. The van der Waals surface area contributed by atoms with Crippen LogP contribution in [-0.4, -0.2) is 39.0 Å². The first kappa shape index (κ1) is 15.6. The van der Waals surface area contributed by atoms with Gasteiger partial charge in [0.05, 0.1) is 11.2 Å². The van der Waals surface area contributed by atoms with E-state index < -0.39 is 4.92 Å². The summed E-state index contributed by atoms with van der Waals surface area (Å²) in [4.78, 5) is 19.0. The molecule has 1 fully saturated rings. The van der Waals surface area contributed by atoms with E-state index in [4.69, 9.17) is 4.74 Å². The number of thioether (sulfide) groups is 1. The molecule has 3 heterocycles. The molecule has 0 unspecified atom stereocenters. The number of hydrogen-bond acceptors (Lipinski definition) is 8. The Hall–Kier alpha value is -2.29. The zero-order valence-electron chi connectivity index (χ0n) is 12.4. The molecule has 0 saturated carbocycles. The second-order valence-corrected chi connectivity index (χ2v) is 6.36. The molecule has 0 amide bonds. The van der Waals surface area contributed by atoms with Gasteiger partial charge < -0.3 is 15.4 Å². The Labute approximate surface area is 137 Å². The van der Waals surface area contributed by atoms with E-state index in [2.05, 4.69) is 20.6 Å². The van der Waals surface area contributed by atoms with Gasteiger partial charge in [-0.25, -0.2) is 4.98 Å². The fraction of sp³-hybridized carbons (Fsp3) is 0.429. The van der Waals surface area contributed by atoms with Gasteiger partial charge in [-0.15, -0.1) is 0 Å². The molecule has 2 aliphatic heterocycles. The maximum Gasteiger partial charge on any atom is 0.329 e. The van der Waals surface area contributed by atoms with Crippen LogP contribution in [0, 0.1) is 10.1 Å². The number of allylic oxidation sites excluding steroid dienone is 1. The third-order valence-electron chi connectivity index (χ3n) is 3.53. The Bertz CT molecular complexity index is 643. The Morgan fingerprint density at radius 3 is 2.91 bits per heavy atom. The summed E-state index contributed by atoms with van der Waals surface area (Å²) in [6.45, 7) is 0.419. The van der Waals surface area contributed by atoms with Gasteiger partial charge in [-0.05, 0) is 36.5 Å². The summed E-state index contributed by atoms with van der Waals surface area (Å²) in [5, 5.41) is 17.4. The van der Waals surface area contributed by atoms with Crippen molar-refractivity contribution in [1.29, 1.82) is 0 Å². The predicted molar refractivity (Wildman–Crippen MR) is 89.5 cm³/mol. The molecular formula is C14H17N5O3S. The molecule has 0 atom stereocenters. The van der Waals surface area contributed by atoms with Crippen molar-refractivity contribution in [3.63, 3.8) is 0 Å². The minimum absolute atomic E-state index is 0.157. The summed E-state index contributed by atoms with van der Waals surface area (Å²) in [6.07, 6.45) is 8.34. The van der Waals surface area contributed by atoms with Crippen LogP contribution in [0.4, 0.5) is 17.5 Å². The lowest BCUT2D eigenvalue weighted by Crippen LogP contribution is -2.25. The van der Waals surface area contributed by atoms with Gasteiger partial charge in [0.25, 0.3) is 0 Å². The van der Waals surface area contributed by atoms with Crippen LogP contribution in [0.15, 0.2) is 30.3 Å². The molecule has 0 aliphatic carbocycles. The number of nitrogens with one attached hydrogen (secondary N) is 2. The second-order valence-electron chi connectivity index (χ2n) is 5.14. The molecule has 1 aromatic heterocycles. The average molecular weight is 335 g/mol. The molecule has 1 saturated heterocycles. The van der Waals surface area contributed by atoms with E-state index in [1.165, 1.54) is 12.5 Å². The summed E-state index contributed by atoms with van der Waals surface area (Å²) in [6, 6.07) is 0.313. The normalized spacial score (nSPS) is 18.0. The Morgan fingerprint density at radius 1 is 1.39 bits per heavy atom. The van der Waals surface area contributed by atoms with Gasteiger partial charge in [0, 0.05) is 11.7 Å². The Balaban J connectivity index is 1.79. The lowest BCUT2D eigenvalue weighted by molar-refractivity contribution is -0.384. The van der Waals surface area contributed by atoms with Crippen molar-refractivity contribution >= 4 is 29.2 Å². The number of nitrogens with zero attached hydrogens (tertiary/aromatic N) is 3. The Morgan fingerprint density at radius 2 is 2.22 bits per heavy atom. The fourth-order valence-electron chi connectivity index (χ4n) is 2.31. The van der Waals surface area contributed by atoms with Crippen molar-refractivity contribution in [3.05, 3.63) is 40.4 Å². The SMILES string of the molecule is O=[N+]([O-])c1cnc(NC2CCSCC2)nc1NC1=CCOC=C1. The number of aromatic nitrogens is 2. The maximum absolute atomic E-state index is 11.2. The van der Waals surface area contributed by atoms with E-state index in [1.807, 2.05) is 11.8 Å².